The third-order valence-corrected chi connectivity index (χ3v) is 6.35. The van der Waals surface area contributed by atoms with Crippen molar-refractivity contribution in [3.63, 3.8) is 0 Å². The lowest BCUT2D eigenvalue weighted by Gasteiger charge is -2.35. The van der Waals surface area contributed by atoms with Gasteiger partial charge in [0.2, 0.25) is 5.91 Å². The molecule has 0 saturated heterocycles. The van der Waals surface area contributed by atoms with Crippen LogP contribution < -0.4 is 10.6 Å². The number of amides is 3. The zero-order valence-electron chi connectivity index (χ0n) is 22.8. The van der Waals surface area contributed by atoms with Crippen molar-refractivity contribution in [2.45, 2.75) is 85.0 Å². The minimum Gasteiger partial charge on any atom is -0.444 e. The normalized spacial score (nSPS) is 14.9. The van der Waals surface area contributed by atoms with Gasteiger partial charge >= 0.3 is 6.09 Å². The summed E-state index contributed by atoms with van der Waals surface area (Å²) in [5.41, 5.74) is 4.30. The molecule has 1 saturated carbocycles. The Bertz CT molecular complexity index is 1150. The number of benzene rings is 2. The summed E-state index contributed by atoms with van der Waals surface area (Å²) >= 11 is 0. The molecule has 2 aromatic rings. The minimum absolute atomic E-state index is 0.185. The van der Waals surface area contributed by atoms with Gasteiger partial charge in [-0.1, -0.05) is 42.0 Å². The monoisotopic (exact) mass is 509 g/mol. The van der Waals surface area contributed by atoms with Crippen molar-refractivity contribution in [2.75, 3.05) is 11.9 Å². The number of anilines is 1. The van der Waals surface area contributed by atoms with Crippen molar-refractivity contribution in [2.24, 2.45) is 0 Å². The average molecular weight is 510 g/mol. The Balaban J connectivity index is 2.03. The van der Waals surface area contributed by atoms with Crippen LogP contribution in [0.1, 0.15) is 67.5 Å². The number of aliphatic hydroxyl groups is 1. The predicted molar refractivity (Wildman–Crippen MR) is 143 cm³/mol. The molecule has 0 heterocycles. The van der Waals surface area contributed by atoms with Crippen molar-refractivity contribution >= 4 is 23.6 Å². The highest BCUT2D eigenvalue weighted by molar-refractivity contribution is 6.00. The molecule has 0 aliphatic heterocycles. The SMILES string of the molecule is Cc1ccc(C)c(C(C(=O)Nc2c(C)cccc2C)N(C(=O)C(CO)NC(=O)OC(C)(C)C)C2CC2)c1. The van der Waals surface area contributed by atoms with E-state index in [-0.39, 0.29) is 11.9 Å². The molecule has 200 valence electrons. The maximum Gasteiger partial charge on any atom is 0.408 e. The second kappa shape index (κ2) is 11.3. The van der Waals surface area contributed by atoms with Crippen LogP contribution in [0.5, 0.6) is 0 Å². The zero-order chi connectivity index (χ0) is 27.5. The number of ether oxygens (including phenoxy) is 1. The molecule has 8 nitrogen and oxygen atoms in total. The number of nitrogens with zero attached hydrogens (tertiary/aromatic N) is 1. The molecule has 3 rings (SSSR count). The number of aliphatic hydroxyl groups excluding tert-OH is 1. The first kappa shape index (κ1) is 28.2. The zero-order valence-corrected chi connectivity index (χ0v) is 22.8. The fourth-order valence-electron chi connectivity index (χ4n) is 4.36. The summed E-state index contributed by atoms with van der Waals surface area (Å²) in [6.45, 7) is 12.2. The Kier molecular flexibility index (Phi) is 8.64. The highest BCUT2D eigenvalue weighted by atomic mass is 16.6. The van der Waals surface area contributed by atoms with E-state index in [0.29, 0.717) is 11.3 Å². The lowest BCUT2D eigenvalue weighted by atomic mass is 9.95. The third kappa shape index (κ3) is 7.10. The highest BCUT2D eigenvalue weighted by Crippen LogP contribution is 2.37. The molecule has 8 heteroatoms. The van der Waals surface area contributed by atoms with Gasteiger partial charge in [-0.3, -0.25) is 9.59 Å². The number of para-hydroxylation sites is 1. The molecule has 2 aromatic carbocycles. The molecule has 37 heavy (non-hydrogen) atoms. The molecule has 0 aromatic heterocycles. The molecule has 2 unspecified atom stereocenters. The van der Waals surface area contributed by atoms with E-state index in [1.807, 2.05) is 64.1 Å². The van der Waals surface area contributed by atoms with E-state index in [9.17, 15) is 19.5 Å². The lowest BCUT2D eigenvalue weighted by Crippen LogP contribution is -2.54. The van der Waals surface area contributed by atoms with Crippen LogP contribution in [0, 0.1) is 27.7 Å². The fourth-order valence-corrected chi connectivity index (χ4v) is 4.36. The van der Waals surface area contributed by atoms with E-state index in [0.717, 1.165) is 35.1 Å². The van der Waals surface area contributed by atoms with Gasteiger partial charge in [0.1, 0.15) is 17.7 Å². The Hall–Kier alpha value is -3.39. The van der Waals surface area contributed by atoms with Crippen LogP contribution in [0.25, 0.3) is 0 Å². The van der Waals surface area contributed by atoms with Crippen LogP contribution >= 0.6 is 0 Å². The molecule has 1 aliphatic rings. The number of carbonyl (C=O) groups is 3. The Morgan fingerprint density at radius 1 is 1.03 bits per heavy atom. The number of hydrogen-bond acceptors (Lipinski definition) is 5. The van der Waals surface area contributed by atoms with Gasteiger partial charge in [0.25, 0.3) is 5.91 Å². The van der Waals surface area contributed by atoms with Crippen LogP contribution in [-0.2, 0) is 14.3 Å². The first-order chi connectivity index (χ1) is 17.3. The largest absolute Gasteiger partial charge is 0.444 e. The van der Waals surface area contributed by atoms with E-state index in [2.05, 4.69) is 10.6 Å². The van der Waals surface area contributed by atoms with Crippen molar-refractivity contribution in [1.29, 1.82) is 0 Å². The van der Waals surface area contributed by atoms with E-state index >= 15 is 0 Å². The first-order valence-electron chi connectivity index (χ1n) is 12.7. The lowest BCUT2D eigenvalue weighted by molar-refractivity contribution is -0.142. The number of alkyl carbamates (subject to hydrolysis) is 1. The molecule has 0 radical (unpaired) electrons. The van der Waals surface area contributed by atoms with Crippen molar-refractivity contribution in [3.8, 4) is 0 Å². The molecule has 0 spiro atoms. The number of carbonyl (C=O) groups excluding carboxylic acids is 3. The number of hydrogen-bond donors (Lipinski definition) is 3. The quantitative estimate of drug-likeness (QED) is 0.486. The predicted octanol–water partition coefficient (Wildman–Crippen LogP) is 4.48. The Labute approximate surface area is 219 Å². The number of aryl methyl sites for hydroxylation is 4. The summed E-state index contributed by atoms with van der Waals surface area (Å²) in [4.78, 5) is 41.8. The topological polar surface area (TPSA) is 108 Å². The van der Waals surface area contributed by atoms with Gasteiger partial charge in [0.05, 0.1) is 6.61 Å². The van der Waals surface area contributed by atoms with Gasteiger partial charge in [0.15, 0.2) is 0 Å². The summed E-state index contributed by atoms with van der Waals surface area (Å²) in [6.07, 6.45) is 0.654. The molecule has 2 atom stereocenters. The van der Waals surface area contributed by atoms with E-state index < -0.39 is 36.3 Å². The number of rotatable bonds is 8. The summed E-state index contributed by atoms with van der Waals surface area (Å²) in [7, 11) is 0. The summed E-state index contributed by atoms with van der Waals surface area (Å²) in [6, 6.07) is 9.20. The molecular weight excluding hydrogens is 470 g/mol. The summed E-state index contributed by atoms with van der Waals surface area (Å²) in [5.74, 6) is -0.876. The van der Waals surface area contributed by atoms with Crippen molar-refractivity contribution in [3.05, 3.63) is 64.2 Å². The maximum absolute atomic E-state index is 14.0. The van der Waals surface area contributed by atoms with Crippen LogP contribution in [-0.4, -0.2) is 52.2 Å². The van der Waals surface area contributed by atoms with Gasteiger partial charge in [-0.25, -0.2) is 4.79 Å². The van der Waals surface area contributed by atoms with Gasteiger partial charge in [0, 0.05) is 11.7 Å². The second-order valence-electron chi connectivity index (χ2n) is 10.9. The first-order valence-corrected chi connectivity index (χ1v) is 12.7. The fraction of sp³-hybridized carbons (Fsp3) is 0.483. The van der Waals surface area contributed by atoms with Gasteiger partial charge in [-0.2, -0.15) is 0 Å². The van der Waals surface area contributed by atoms with E-state index in [1.54, 1.807) is 20.8 Å². The molecule has 1 fully saturated rings. The van der Waals surface area contributed by atoms with Crippen LogP contribution in [0.2, 0.25) is 0 Å². The Morgan fingerprint density at radius 3 is 2.19 bits per heavy atom. The highest BCUT2D eigenvalue weighted by Gasteiger charge is 2.44. The van der Waals surface area contributed by atoms with E-state index in [4.69, 9.17) is 4.74 Å². The van der Waals surface area contributed by atoms with E-state index in [1.165, 1.54) is 4.90 Å². The molecule has 1 aliphatic carbocycles. The van der Waals surface area contributed by atoms with Crippen molar-refractivity contribution in [1.82, 2.24) is 10.2 Å². The van der Waals surface area contributed by atoms with Gasteiger partial charge in [-0.15, -0.1) is 0 Å². The standard InChI is InChI=1S/C29H39N3O5/c1-17-11-12-18(2)22(15-17)25(26(34)31-24-19(3)9-8-10-20(24)4)32(21-13-14-21)27(35)23(16-33)30-28(36)37-29(5,6)7/h8-12,15,21,23,25,33H,13-14,16H2,1-7H3,(H,30,36)(H,31,34). The van der Waals surface area contributed by atoms with Crippen molar-refractivity contribution < 1.29 is 24.2 Å². The average Bonchev–Trinajstić information content (AvgIpc) is 3.63. The van der Waals surface area contributed by atoms with Crippen LogP contribution in [0.4, 0.5) is 10.5 Å². The van der Waals surface area contributed by atoms with Crippen LogP contribution in [0.3, 0.4) is 0 Å². The smallest absolute Gasteiger partial charge is 0.408 e. The number of nitrogens with one attached hydrogen (secondary N) is 2. The molecule has 3 N–H and O–H groups in total. The summed E-state index contributed by atoms with van der Waals surface area (Å²) in [5, 5.41) is 15.6. The van der Waals surface area contributed by atoms with Gasteiger partial charge in [-0.05, 0) is 83.6 Å². The minimum atomic E-state index is -1.25. The molecular formula is C29H39N3O5. The van der Waals surface area contributed by atoms with Gasteiger partial charge < -0.3 is 25.4 Å². The maximum atomic E-state index is 14.0. The molecule has 3 amide bonds. The second-order valence-corrected chi connectivity index (χ2v) is 10.9. The third-order valence-electron chi connectivity index (χ3n) is 6.35. The summed E-state index contributed by atoms with van der Waals surface area (Å²) < 4.78 is 5.30. The van der Waals surface area contributed by atoms with Crippen LogP contribution in [0.15, 0.2) is 36.4 Å². The Morgan fingerprint density at radius 2 is 1.65 bits per heavy atom. The molecule has 0 bridgehead atoms.